The Morgan fingerprint density at radius 2 is 1.39 bits per heavy atom. The third-order valence-electron chi connectivity index (χ3n) is 4.81. The molecule has 0 amide bonds. The molecule has 0 aliphatic carbocycles. The highest BCUT2D eigenvalue weighted by Gasteiger charge is 2.39. The zero-order valence-electron chi connectivity index (χ0n) is 15.6. The minimum Gasteiger partial charge on any atom is -0.497 e. The third-order valence-corrected chi connectivity index (χ3v) is 5.17. The van der Waals surface area contributed by atoms with Crippen molar-refractivity contribution in [2.75, 3.05) is 12.9 Å². The first-order chi connectivity index (χ1) is 13.6. The smallest absolute Gasteiger partial charge is 0.321 e. The number of carboxylic acid groups (broad SMARTS) is 1. The molecule has 0 saturated carbocycles. The number of aliphatic carboxylic acids is 1. The van der Waals surface area contributed by atoms with Gasteiger partial charge in [0.25, 0.3) is 0 Å². The number of rotatable bonds is 8. The van der Waals surface area contributed by atoms with Crippen LogP contribution in [0.5, 0.6) is 5.75 Å². The van der Waals surface area contributed by atoms with E-state index in [1.807, 2.05) is 84.9 Å². The van der Waals surface area contributed by atoms with Crippen molar-refractivity contribution in [3.8, 4) is 5.75 Å². The first-order valence-corrected chi connectivity index (χ1v) is 9.62. The van der Waals surface area contributed by atoms with E-state index >= 15 is 0 Å². The Morgan fingerprint density at radius 3 is 1.79 bits per heavy atom. The molecule has 3 aromatic rings. The summed E-state index contributed by atoms with van der Waals surface area (Å²) in [7, 11) is 1.62. The zero-order chi connectivity index (χ0) is 20.0. The van der Waals surface area contributed by atoms with Crippen LogP contribution in [0.15, 0.2) is 84.9 Å². The van der Waals surface area contributed by atoms with E-state index in [0.29, 0.717) is 0 Å². The molecule has 5 heteroatoms. The van der Waals surface area contributed by atoms with E-state index in [1.54, 1.807) is 7.11 Å². The molecule has 0 bridgehead atoms. The molecule has 0 aliphatic heterocycles. The average molecular weight is 394 g/mol. The summed E-state index contributed by atoms with van der Waals surface area (Å²) >= 11 is 4.27. The molecule has 0 heterocycles. The van der Waals surface area contributed by atoms with Gasteiger partial charge in [0, 0.05) is 5.75 Å². The number of ether oxygens (including phenoxy) is 1. The second-order valence-corrected chi connectivity index (χ2v) is 6.79. The van der Waals surface area contributed by atoms with Crippen molar-refractivity contribution in [1.82, 2.24) is 5.32 Å². The number of methoxy groups -OCH3 is 1. The topological polar surface area (TPSA) is 58.6 Å². The number of nitrogens with one attached hydrogen (secondary N) is 1. The summed E-state index contributed by atoms with van der Waals surface area (Å²) < 4.78 is 5.31. The van der Waals surface area contributed by atoms with Gasteiger partial charge in [0.05, 0.1) is 12.6 Å². The first kappa shape index (κ1) is 20.0. The highest BCUT2D eigenvalue weighted by molar-refractivity contribution is 7.80. The van der Waals surface area contributed by atoms with Crippen LogP contribution < -0.4 is 10.1 Å². The summed E-state index contributed by atoms with van der Waals surface area (Å²) in [5.74, 6) is -0.0464. The molecule has 1 atom stereocenters. The van der Waals surface area contributed by atoms with Gasteiger partial charge in [0.2, 0.25) is 0 Å². The number of carbonyl (C=O) groups is 1. The van der Waals surface area contributed by atoms with Crippen LogP contribution in [0.2, 0.25) is 0 Å². The highest BCUT2D eigenvalue weighted by atomic mass is 32.1. The number of hydrogen-bond donors (Lipinski definition) is 3. The molecule has 144 valence electrons. The molecule has 0 fully saturated rings. The van der Waals surface area contributed by atoms with Crippen LogP contribution in [0.3, 0.4) is 0 Å². The maximum atomic E-state index is 11.9. The lowest BCUT2D eigenvalue weighted by Crippen LogP contribution is -2.53. The molecule has 28 heavy (non-hydrogen) atoms. The van der Waals surface area contributed by atoms with Gasteiger partial charge in [-0.3, -0.25) is 10.1 Å². The van der Waals surface area contributed by atoms with Crippen LogP contribution >= 0.6 is 12.6 Å². The van der Waals surface area contributed by atoms with Gasteiger partial charge in [-0.05, 0) is 28.8 Å². The molecule has 3 aromatic carbocycles. The summed E-state index contributed by atoms with van der Waals surface area (Å²) in [6.45, 7) is 0. The Morgan fingerprint density at radius 1 is 0.929 bits per heavy atom. The van der Waals surface area contributed by atoms with Crippen molar-refractivity contribution in [3.05, 3.63) is 102 Å². The van der Waals surface area contributed by atoms with E-state index in [0.717, 1.165) is 22.4 Å². The van der Waals surface area contributed by atoms with Gasteiger partial charge in [-0.2, -0.15) is 12.6 Å². The largest absolute Gasteiger partial charge is 0.497 e. The van der Waals surface area contributed by atoms with Crippen LogP contribution in [-0.2, 0) is 10.3 Å². The van der Waals surface area contributed by atoms with Crippen LogP contribution in [0, 0.1) is 0 Å². The summed E-state index contributed by atoms with van der Waals surface area (Å²) in [5, 5.41) is 13.1. The zero-order valence-corrected chi connectivity index (χ0v) is 16.5. The predicted octanol–water partition coefficient (Wildman–Crippen LogP) is 3.96. The molecule has 2 N–H and O–H groups in total. The normalized spacial score (nSPS) is 12.4. The van der Waals surface area contributed by atoms with Crippen molar-refractivity contribution < 1.29 is 14.6 Å². The standard InChI is InChI=1S/C23H23NO3S/c1-27-20-14-12-19(13-15-20)23(17-8-4-2-5-9-17,18-10-6-3-7-11-18)24-21(16-28)22(25)26/h2-15,21,24,28H,16H2,1H3,(H,25,26)/t21-/m1/s1. The van der Waals surface area contributed by atoms with Crippen LogP contribution in [0.1, 0.15) is 16.7 Å². The SMILES string of the molecule is COc1ccc(C(N[C@H](CS)C(=O)O)(c2ccccc2)c2ccccc2)cc1. The van der Waals surface area contributed by atoms with E-state index < -0.39 is 17.6 Å². The molecule has 0 spiro atoms. The Hall–Kier alpha value is -2.76. The van der Waals surface area contributed by atoms with Gasteiger partial charge in [-0.15, -0.1) is 0 Å². The van der Waals surface area contributed by atoms with E-state index in [9.17, 15) is 9.90 Å². The van der Waals surface area contributed by atoms with Crippen LogP contribution in [-0.4, -0.2) is 30.0 Å². The molecule has 0 unspecified atom stereocenters. The second kappa shape index (κ2) is 8.95. The number of hydrogen-bond acceptors (Lipinski definition) is 4. The van der Waals surface area contributed by atoms with Crippen LogP contribution in [0.25, 0.3) is 0 Å². The lowest BCUT2D eigenvalue weighted by Gasteiger charge is -2.39. The third kappa shape index (κ3) is 3.91. The summed E-state index contributed by atoms with van der Waals surface area (Å²) in [4.78, 5) is 11.9. The fraction of sp³-hybridized carbons (Fsp3) is 0.174. The minimum atomic E-state index is -0.945. The Kier molecular flexibility index (Phi) is 6.39. The fourth-order valence-corrected chi connectivity index (χ4v) is 3.66. The molecule has 0 aromatic heterocycles. The maximum absolute atomic E-state index is 11.9. The quantitative estimate of drug-likeness (QED) is 0.401. The number of carboxylic acids is 1. The lowest BCUT2D eigenvalue weighted by atomic mass is 9.76. The van der Waals surface area contributed by atoms with E-state index in [-0.39, 0.29) is 5.75 Å². The maximum Gasteiger partial charge on any atom is 0.321 e. The molecule has 0 saturated heterocycles. The second-order valence-electron chi connectivity index (χ2n) is 6.43. The fourth-order valence-electron chi connectivity index (χ4n) is 3.41. The molecule has 0 radical (unpaired) electrons. The van der Waals surface area contributed by atoms with Gasteiger partial charge in [-0.1, -0.05) is 72.8 Å². The van der Waals surface area contributed by atoms with Crippen molar-refractivity contribution >= 4 is 18.6 Å². The molecule has 0 aliphatic rings. The number of benzene rings is 3. The van der Waals surface area contributed by atoms with Gasteiger partial charge in [0.1, 0.15) is 11.8 Å². The van der Waals surface area contributed by atoms with E-state index in [4.69, 9.17) is 4.74 Å². The monoisotopic (exact) mass is 393 g/mol. The minimum absolute atomic E-state index is 0.160. The molecular weight excluding hydrogens is 370 g/mol. The van der Waals surface area contributed by atoms with Crippen molar-refractivity contribution in [3.63, 3.8) is 0 Å². The first-order valence-electron chi connectivity index (χ1n) is 8.98. The van der Waals surface area contributed by atoms with E-state index in [2.05, 4.69) is 17.9 Å². The molecule has 3 rings (SSSR count). The molecular formula is C23H23NO3S. The number of thiol groups is 1. The van der Waals surface area contributed by atoms with Crippen LogP contribution in [0.4, 0.5) is 0 Å². The lowest BCUT2D eigenvalue weighted by molar-refractivity contribution is -0.139. The highest BCUT2D eigenvalue weighted by Crippen LogP contribution is 2.38. The van der Waals surface area contributed by atoms with E-state index in [1.165, 1.54) is 0 Å². The van der Waals surface area contributed by atoms with Crippen molar-refractivity contribution in [2.24, 2.45) is 0 Å². The average Bonchev–Trinajstić information content (AvgIpc) is 2.76. The van der Waals surface area contributed by atoms with Gasteiger partial charge < -0.3 is 9.84 Å². The Labute approximate surface area is 170 Å². The van der Waals surface area contributed by atoms with Gasteiger partial charge in [0.15, 0.2) is 0 Å². The summed E-state index contributed by atoms with van der Waals surface area (Å²) in [6.07, 6.45) is 0. The van der Waals surface area contributed by atoms with Gasteiger partial charge in [-0.25, -0.2) is 0 Å². The Balaban J connectivity index is 2.29. The summed E-state index contributed by atoms with van der Waals surface area (Å²) in [6, 6.07) is 26.6. The molecule has 4 nitrogen and oxygen atoms in total. The predicted molar refractivity (Wildman–Crippen MR) is 114 cm³/mol. The van der Waals surface area contributed by atoms with Gasteiger partial charge >= 0.3 is 5.97 Å². The Bertz CT molecular complexity index is 859. The van der Waals surface area contributed by atoms with Crippen molar-refractivity contribution in [2.45, 2.75) is 11.6 Å². The van der Waals surface area contributed by atoms with Crippen molar-refractivity contribution in [1.29, 1.82) is 0 Å². The summed E-state index contributed by atoms with van der Waals surface area (Å²) in [5.41, 5.74) is 1.94.